The van der Waals surface area contributed by atoms with E-state index in [0.717, 1.165) is 48.4 Å². The number of amides is 1. The number of aromatic nitrogens is 3. The van der Waals surface area contributed by atoms with Crippen LogP contribution in [0.3, 0.4) is 0 Å². The maximum absolute atomic E-state index is 13.2. The van der Waals surface area contributed by atoms with E-state index >= 15 is 0 Å². The number of halogens is 2. The minimum atomic E-state index is -0.950. The van der Waals surface area contributed by atoms with Crippen LogP contribution >= 0.6 is 0 Å². The van der Waals surface area contributed by atoms with Crippen molar-refractivity contribution in [1.82, 2.24) is 20.3 Å². The van der Waals surface area contributed by atoms with Gasteiger partial charge in [-0.3, -0.25) is 4.79 Å². The number of carbonyl (C=O) groups is 1. The summed E-state index contributed by atoms with van der Waals surface area (Å²) in [6.45, 7) is 1.49. The molecule has 4 rings (SSSR count). The molecule has 1 aliphatic rings. The van der Waals surface area contributed by atoms with Crippen molar-refractivity contribution in [2.45, 2.75) is 18.9 Å². The Kier molecular flexibility index (Phi) is 5.05. The van der Waals surface area contributed by atoms with Gasteiger partial charge in [0.15, 0.2) is 11.6 Å². The van der Waals surface area contributed by atoms with Crippen molar-refractivity contribution >= 4 is 28.4 Å². The monoisotopic (exact) mass is 386 g/mol. The topological polar surface area (TPSA) is 85.9 Å². The van der Waals surface area contributed by atoms with Crippen LogP contribution in [0.1, 0.15) is 12.8 Å². The molecule has 0 spiro atoms. The molecule has 1 fully saturated rings. The van der Waals surface area contributed by atoms with Crippen molar-refractivity contribution < 1.29 is 13.6 Å². The lowest BCUT2D eigenvalue weighted by molar-refractivity contribution is -0.120. The molecule has 2 aromatic heterocycles. The first kappa shape index (κ1) is 18.1. The van der Waals surface area contributed by atoms with Gasteiger partial charge in [-0.1, -0.05) is 0 Å². The molecular weight excluding hydrogens is 366 g/mol. The zero-order chi connectivity index (χ0) is 19.5. The predicted molar refractivity (Wildman–Crippen MR) is 102 cm³/mol. The van der Waals surface area contributed by atoms with Crippen molar-refractivity contribution in [3.8, 4) is 0 Å². The highest BCUT2D eigenvalue weighted by atomic mass is 19.2. The lowest BCUT2D eigenvalue weighted by atomic mass is 10.1. The standard InChI is InChI=1S/C19H20F2N6O/c20-15-4-3-12(8-16(15)21)23-9-17(28)26-13-2-1-7-27(10-13)19-14-5-6-22-18(14)24-11-25-19/h3-6,8,11,13,23H,1-2,7,9-10H2,(H,26,28)(H,22,24,25)/t13-/m1/s1. The van der Waals surface area contributed by atoms with E-state index < -0.39 is 11.6 Å². The molecular formula is C19H20F2N6O. The molecule has 0 saturated carbocycles. The number of rotatable bonds is 5. The van der Waals surface area contributed by atoms with Crippen LogP contribution in [0, 0.1) is 11.6 Å². The fourth-order valence-corrected chi connectivity index (χ4v) is 3.47. The lowest BCUT2D eigenvalue weighted by Gasteiger charge is -2.34. The van der Waals surface area contributed by atoms with E-state index in [-0.39, 0.29) is 18.5 Å². The molecule has 1 atom stereocenters. The summed E-state index contributed by atoms with van der Waals surface area (Å²) in [5.41, 5.74) is 1.14. The van der Waals surface area contributed by atoms with E-state index in [0.29, 0.717) is 12.2 Å². The Balaban J connectivity index is 1.35. The Morgan fingerprint density at radius 1 is 1.25 bits per heavy atom. The van der Waals surface area contributed by atoms with Gasteiger partial charge in [-0.25, -0.2) is 18.7 Å². The lowest BCUT2D eigenvalue weighted by Crippen LogP contribution is -2.49. The Morgan fingerprint density at radius 3 is 3.00 bits per heavy atom. The van der Waals surface area contributed by atoms with Crippen LogP contribution in [0.2, 0.25) is 0 Å². The second kappa shape index (κ2) is 7.79. The summed E-state index contributed by atoms with van der Waals surface area (Å²) in [6.07, 6.45) is 5.16. The normalized spacial score (nSPS) is 16.9. The summed E-state index contributed by atoms with van der Waals surface area (Å²) in [5, 5.41) is 6.76. The van der Waals surface area contributed by atoms with Gasteiger partial charge in [-0.15, -0.1) is 0 Å². The van der Waals surface area contributed by atoms with Gasteiger partial charge in [0.25, 0.3) is 0 Å². The van der Waals surface area contributed by atoms with E-state index in [9.17, 15) is 13.6 Å². The minimum Gasteiger partial charge on any atom is -0.376 e. The van der Waals surface area contributed by atoms with E-state index in [1.54, 1.807) is 0 Å². The van der Waals surface area contributed by atoms with Crippen LogP contribution in [0.4, 0.5) is 20.3 Å². The molecule has 0 unspecified atom stereocenters. The summed E-state index contributed by atoms with van der Waals surface area (Å²) >= 11 is 0. The smallest absolute Gasteiger partial charge is 0.239 e. The molecule has 1 aromatic carbocycles. The Labute approximate surface area is 160 Å². The highest BCUT2D eigenvalue weighted by molar-refractivity contribution is 5.87. The highest BCUT2D eigenvalue weighted by Gasteiger charge is 2.23. The molecule has 0 bridgehead atoms. The molecule has 3 heterocycles. The molecule has 3 aromatic rings. The van der Waals surface area contributed by atoms with Gasteiger partial charge in [0, 0.05) is 37.1 Å². The number of hydrogen-bond acceptors (Lipinski definition) is 5. The molecule has 0 radical (unpaired) electrons. The molecule has 7 nitrogen and oxygen atoms in total. The largest absolute Gasteiger partial charge is 0.376 e. The number of piperidine rings is 1. The first-order valence-electron chi connectivity index (χ1n) is 9.11. The van der Waals surface area contributed by atoms with Gasteiger partial charge in [0.1, 0.15) is 17.8 Å². The van der Waals surface area contributed by atoms with Gasteiger partial charge in [-0.05, 0) is 31.0 Å². The predicted octanol–water partition coefficient (Wildman–Crippen LogP) is 2.43. The first-order valence-corrected chi connectivity index (χ1v) is 9.11. The Bertz CT molecular complexity index is 991. The molecule has 1 amide bonds. The Morgan fingerprint density at radius 2 is 2.14 bits per heavy atom. The number of nitrogens with one attached hydrogen (secondary N) is 3. The summed E-state index contributed by atoms with van der Waals surface area (Å²) in [7, 11) is 0. The average Bonchev–Trinajstić information content (AvgIpc) is 3.18. The number of hydrogen-bond donors (Lipinski definition) is 3. The van der Waals surface area contributed by atoms with Crippen molar-refractivity contribution in [3.63, 3.8) is 0 Å². The van der Waals surface area contributed by atoms with Crippen molar-refractivity contribution in [2.24, 2.45) is 0 Å². The van der Waals surface area contributed by atoms with Crippen LogP contribution in [0.5, 0.6) is 0 Å². The quantitative estimate of drug-likeness (QED) is 0.627. The zero-order valence-corrected chi connectivity index (χ0v) is 15.1. The fraction of sp³-hybridized carbons (Fsp3) is 0.316. The summed E-state index contributed by atoms with van der Waals surface area (Å²) < 4.78 is 26.2. The van der Waals surface area contributed by atoms with Crippen molar-refractivity contribution in [3.05, 3.63) is 48.4 Å². The minimum absolute atomic E-state index is 0.0167. The van der Waals surface area contributed by atoms with Crippen LogP contribution in [-0.2, 0) is 4.79 Å². The third-order valence-corrected chi connectivity index (χ3v) is 4.79. The van der Waals surface area contributed by atoms with Crippen LogP contribution < -0.4 is 15.5 Å². The molecule has 146 valence electrons. The number of benzene rings is 1. The van der Waals surface area contributed by atoms with Gasteiger partial charge >= 0.3 is 0 Å². The fourth-order valence-electron chi connectivity index (χ4n) is 3.47. The van der Waals surface area contributed by atoms with Gasteiger partial charge in [-0.2, -0.15) is 0 Å². The second-order valence-electron chi connectivity index (χ2n) is 6.77. The van der Waals surface area contributed by atoms with Crippen molar-refractivity contribution in [2.75, 3.05) is 29.9 Å². The third-order valence-electron chi connectivity index (χ3n) is 4.79. The molecule has 28 heavy (non-hydrogen) atoms. The molecule has 1 saturated heterocycles. The molecule has 9 heteroatoms. The SMILES string of the molecule is O=C(CNc1ccc(F)c(F)c1)N[C@@H]1CCCN(c2ncnc3[nH]ccc23)C1. The third kappa shape index (κ3) is 3.88. The first-order chi connectivity index (χ1) is 13.6. The summed E-state index contributed by atoms with van der Waals surface area (Å²) in [6, 6.07) is 5.38. The maximum atomic E-state index is 13.2. The molecule has 3 N–H and O–H groups in total. The number of carbonyl (C=O) groups excluding carboxylic acids is 1. The van der Waals surface area contributed by atoms with Gasteiger partial charge < -0.3 is 20.5 Å². The summed E-state index contributed by atoms with van der Waals surface area (Å²) in [5.74, 6) is -1.22. The second-order valence-corrected chi connectivity index (χ2v) is 6.77. The molecule has 0 aliphatic carbocycles. The highest BCUT2D eigenvalue weighted by Crippen LogP contribution is 2.25. The average molecular weight is 386 g/mol. The number of fused-ring (bicyclic) bond motifs is 1. The van der Waals surface area contributed by atoms with E-state index in [4.69, 9.17) is 0 Å². The van der Waals surface area contributed by atoms with Crippen LogP contribution in [0.15, 0.2) is 36.8 Å². The van der Waals surface area contributed by atoms with Gasteiger partial charge in [0.05, 0.1) is 11.9 Å². The van der Waals surface area contributed by atoms with E-state index in [2.05, 4.69) is 30.5 Å². The number of nitrogens with zero attached hydrogens (tertiary/aromatic N) is 3. The number of aromatic amines is 1. The van der Waals surface area contributed by atoms with E-state index in [1.807, 2.05) is 12.3 Å². The maximum Gasteiger partial charge on any atom is 0.239 e. The van der Waals surface area contributed by atoms with Crippen molar-refractivity contribution in [1.29, 1.82) is 0 Å². The van der Waals surface area contributed by atoms with E-state index in [1.165, 1.54) is 12.4 Å². The Hall–Kier alpha value is -3.23. The van der Waals surface area contributed by atoms with Gasteiger partial charge in [0.2, 0.25) is 5.91 Å². The number of anilines is 2. The zero-order valence-electron chi connectivity index (χ0n) is 15.1. The van der Waals surface area contributed by atoms with Crippen LogP contribution in [-0.4, -0.2) is 46.5 Å². The summed E-state index contributed by atoms with van der Waals surface area (Å²) in [4.78, 5) is 26.1. The number of H-pyrrole nitrogens is 1. The molecule has 1 aliphatic heterocycles. The van der Waals surface area contributed by atoms with Crippen LogP contribution in [0.25, 0.3) is 11.0 Å².